The Morgan fingerprint density at radius 2 is 2.19 bits per heavy atom. The first-order chi connectivity index (χ1) is 13.0. The Morgan fingerprint density at radius 1 is 1.37 bits per heavy atom. The van der Waals surface area contributed by atoms with Crippen LogP contribution < -0.4 is 5.32 Å². The van der Waals surface area contributed by atoms with E-state index in [9.17, 15) is 15.4 Å². The van der Waals surface area contributed by atoms with E-state index < -0.39 is 4.92 Å². The molecular formula is C19H13BrN4O2S. The minimum atomic E-state index is -0.438. The van der Waals surface area contributed by atoms with E-state index in [0.29, 0.717) is 21.8 Å². The lowest BCUT2D eigenvalue weighted by Gasteiger charge is -2.05. The Labute approximate surface area is 168 Å². The van der Waals surface area contributed by atoms with Crippen molar-refractivity contribution in [2.45, 2.75) is 6.92 Å². The molecule has 1 N–H and O–H groups in total. The summed E-state index contributed by atoms with van der Waals surface area (Å²) in [5, 5.41) is 25.8. The van der Waals surface area contributed by atoms with Gasteiger partial charge in [0.25, 0.3) is 5.69 Å². The lowest BCUT2D eigenvalue weighted by atomic mass is 10.2. The molecular weight excluding hydrogens is 428 g/mol. The predicted molar refractivity (Wildman–Crippen MR) is 110 cm³/mol. The molecule has 3 rings (SSSR count). The number of halogens is 1. The van der Waals surface area contributed by atoms with Gasteiger partial charge in [-0.15, -0.1) is 11.3 Å². The molecule has 0 spiro atoms. The van der Waals surface area contributed by atoms with Crippen molar-refractivity contribution >= 4 is 44.2 Å². The molecule has 2 aromatic carbocycles. The number of nitrogens with one attached hydrogen (secondary N) is 1. The lowest BCUT2D eigenvalue weighted by Crippen LogP contribution is -1.95. The third-order valence-electron chi connectivity index (χ3n) is 3.77. The summed E-state index contributed by atoms with van der Waals surface area (Å²) in [5.74, 6) is 0. The molecule has 0 aliphatic rings. The van der Waals surface area contributed by atoms with Crippen molar-refractivity contribution in [2.75, 3.05) is 5.32 Å². The number of hydrogen-bond donors (Lipinski definition) is 1. The fourth-order valence-electron chi connectivity index (χ4n) is 2.39. The number of non-ortho nitro benzene ring substituents is 1. The van der Waals surface area contributed by atoms with Crippen molar-refractivity contribution in [3.05, 3.63) is 79.2 Å². The van der Waals surface area contributed by atoms with Crippen molar-refractivity contribution in [2.24, 2.45) is 0 Å². The molecule has 0 saturated carbocycles. The maximum absolute atomic E-state index is 10.8. The largest absolute Gasteiger partial charge is 0.360 e. The zero-order chi connectivity index (χ0) is 19.4. The monoisotopic (exact) mass is 440 g/mol. The highest BCUT2D eigenvalue weighted by Crippen LogP contribution is 2.28. The second-order valence-electron chi connectivity index (χ2n) is 5.62. The van der Waals surface area contributed by atoms with Gasteiger partial charge in [-0.1, -0.05) is 28.1 Å². The summed E-state index contributed by atoms with van der Waals surface area (Å²) in [5.41, 5.74) is 3.58. The van der Waals surface area contributed by atoms with E-state index in [2.05, 4.69) is 32.3 Å². The molecule has 0 atom stereocenters. The summed E-state index contributed by atoms with van der Waals surface area (Å²) < 4.78 is 0.959. The van der Waals surface area contributed by atoms with Crippen LogP contribution in [-0.2, 0) is 0 Å². The third-order valence-corrected chi connectivity index (χ3v) is 5.14. The molecule has 0 radical (unpaired) electrons. The first-order valence-electron chi connectivity index (χ1n) is 7.81. The van der Waals surface area contributed by atoms with Gasteiger partial charge in [0.2, 0.25) is 0 Å². The molecule has 27 heavy (non-hydrogen) atoms. The summed E-state index contributed by atoms with van der Waals surface area (Å²) >= 11 is 4.82. The number of allylic oxidation sites excluding steroid dienone is 1. The van der Waals surface area contributed by atoms with Gasteiger partial charge in [-0.3, -0.25) is 10.1 Å². The molecule has 0 bridgehead atoms. The highest BCUT2D eigenvalue weighted by Gasteiger charge is 2.11. The molecule has 0 amide bonds. The van der Waals surface area contributed by atoms with Crippen LogP contribution in [0.2, 0.25) is 0 Å². The van der Waals surface area contributed by atoms with E-state index in [4.69, 9.17) is 0 Å². The highest BCUT2D eigenvalue weighted by molar-refractivity contribution is 9.10. The molecule has 1 aromatic heterocycles. The van der Waals surface area contributed by atoms with Crippen LogP contribution in [-0.4, -0.2) is 9.91 Å². The van der Waals surface area contributed by atoms with Crippen LogP contribution >= 0.6 is 27.3 Å². The summed E-state index contributed by atoms with van der Waals surface area (Å²) in [6, 6.07) is 14.5. The van der Waals surface area contributed by atoms with Gasteiger partial charge in [0.15, 0.2) is 0 Å². The highest BCUT2D eigenvalue weighted by atomic mass is 79.9. The van der Waals surface area contributed by atoms with Crippen LogP contribution in [0.15, 0.2) is 58.5 Å². The summed E-state index contributed by atoms with van der Waals surface area (Å²) in [6.07, 6.45) is 1.57. The molecule has 1 heterocycles. The van der Waals surface area contributed by atoms with Crippen molar-refractivity contribution in [3.63, 3.8) is 0 Å². The number of anilines is 1. The first kappa shape index (κ1) is 18.8. The van der Waals surface area contributed by atoms with Crippen molar-refractivity contribution < 1.29 is 4.92 Å². The molecule has 3 aromatic rings. The second-order valence-corrected chi connectivity index (χ2v) is 7.39. The van der Waals surface area contributed by atoms with E-state index >= 15 is 0 Å². The van der Waals surface area contributed by atoms with Crippen LogP contribution in [0.1, 0.15) is 10.6 Å². The Bertz CT molecular complexity index is 1090. The summed E-state index contributed by atoms with van der Waals surface area (Å²) in [6.45, 7) is 1.77. The van der Waals surface area contributed by atoms with Gasteiger partial charge in [-0.2, -0.15) is 5.26 Å². The first-order valence-corrected chi connectivity index (χ1v) is 9.49. The van der Waals surface area contributed by atoms with Gasteiger partial charge >= 0.3 is 0 Å². The number of hydrogen-bond acceptors (Lipinski definition) is 6. The molecule has 6 nitrogen and oxygen atoms in total. The molecule has 0 fully saturated rings. The maximum Gasteiger partial charge on any atom is 0.269 e. The molecule has 0 aliphatic heterocycles. The Hall–Kier alpha value is -3.02. The predicted octanol–water partition coefficient (Wildman–Crippen LogP) is 5.77. The Balaban J connectivity index is 1.84. The fourth-order valence-corrected chi connectivity index (χ4v) is 3.59. The smallest absolute Gasteiger partial charge is 0.269 e. The number of nitriles is 1. The number of aromatic nitrogens is 1. The van der Waals surface area contributed by atoms with Crippen LogP contribution in [0.3, 0.4) is 0 Å². The standard InChI is InChI=1S/C19H13BrN4O2S/c1-12-7-16(24(25)26)5-6-17(12)22-10-14(9-21)19-23-18(11-27-19)13-3-2-4-15(20)8-13/h2-8,10-11,22H,1H3/b14-10+. The summed E-state index contributed by atoms with van der Waals surface area (Å²) in [4.78, 5) is 14.9. The third kappa shape index (κ3) is 4.39. The quantitative estimate of drug-likeness (QED) is 0.309. The maximum atomic E-state index is 10.8. The van der Waals surface area contributed by atoms with Gasteiger partial charge in [0, 0.05) is 39.4 Å². The molecule has 0 aliphatic carbocycles. The van der Waals surface area contributed by atoms with E-state index in [1.165, 1.54) is 23.5 Å². The molecule has 8 heteroatoms. The van der Waals surface area contributed by atoms with Gasteiger partial charge in [-0.05, 0) is 30.7 Å². The van der Waals surface area contributed by atoms with E-state index in [-0.39, 0.29) is 5.69 Å². The zero-order valence-corrected chi connectivity index (χ0v) is 16.5. The van der Waals surface area contributed by atoms with E-state index in [1.54, 1.807) is 19.2 Å². The zero-order valence-electron chi connectivity index (χ0n) is 14.1. The van der Waals surface area contributed by atoms with Gasteiger partial charge in [0.1, 0.15) is 16.6 Å². The fraction of sp³-hybridized carbons (Fsp3) is 0.0526. The minimum absolute atomic E-state index is 0.0288. The normalized spacial score (nSPS) is 11.1. The number of thiazole rings is 1. The van der Waals surface area contributed by atoms with E-state index in [0.717, 1.165) is 15.7 Å². The number of rotatable bonds is 5. The number of benzene rings is 2. The van der Waals surface area contributed by atoms with Crippen molar-refractivity contribution in [1.82, 2.24) is 4.98 Å². The average molecular weight is 441 g/mol. The van der Waals surface area contributed by atoms with Crippen molar-refractivity contribution in [1.29, 1.82) is 5.26 Å². The lowest BCUT2D eigenvalue weighted by molar-refractivity contribution is -0.384. The van der Waals surface area contributed by atoms with Gasteiger partial charge < -0.3 is 5.32 Å². The number of nitro groups is 1. The minimum Gasteiger partial charge on any atom is -0.360 e. The van der Waals surface area contributed by atoms with E-state index in [1.807, 2.05) is 29.6 Å². The van der Waals surface area contributed by atoms with Crippen LogP contribution in [0, 0.1) is 28.4 Å². The Morgan fingerprint density at radius 3 is 2.85 bits per heavy atom. The van der Waals surface area contributed by atoms with Crippen molar-refractivity contribution in [3.8, 4) is 17.3 Å². The Kier molecular flexibility index (Phi) is 5.64. The van der Waals surface area contributed by atoms with Crippen LogP contribution in [0.25, 0.3) is 16.8 Å². The number of aryl methyl sites for hydroxylation is 1. The summed E-state index contributed by atoms with van der Waals surface area (Å²) in [7, 11) is 0. The number of nitro benzene ring substituents is 1. The SMILES string of the molecule is Cc1cc([N+](=O)[O-])ccc1N/C=C(\C#N)c1nc(-c2cccc(Br)c2)cs1. The topological polar surface area (TPSA) is 91.9 Å². The van der Waals surface area contributed by atoms with Gasteiger partial charge in [-0.25, -0.2) is 4.98 Å². The van der Waals surface area contributed by atoms with Crippen LogP contribution in [0.4, 0.5) is 11.4 Å². The van der Waals surface area contributed by atoms with Crippen LogP contribution in [0.5, 0.6) is 0 Å². The average Bonchev–Trinajstić information content (AvgIpc) is 3.13. The molecule has 0 saturated heterocycles. The van der Waals surface area contributed by atoms with Gasteiger partial charge in [0.05, 0.1) is 10.6 Å². The second kappa shape index (κ2) is 8.12. The molecule has 0 unspecified atom stereocenters. The molecule has 134 valence electrons. The number of nitrogens with zero attached hydrogens (tertiary/aromatic N) is 3.